The molecule has 5 heteroatoms. The Bertz CT molecular complexity index is 860. The maximum absolute atomic E-state index is 12.4. The summed E-state index contributed by atoms with van der Waals surface area (Å²) in [5.74, 6) is 0.538. The number of amides is 1. The van der Waals surface area contributed by atoms with Crippen molar-refractivity contribution in [1.29, 1.82) is 0 Å². The maximum Gasteiger partial charge on any atom is 0.229 e. The van der Waals surface area contributed by atoms with Crippen LogP contribution in [0.5, 0.6) is 0 Å². The molecule has 1 heterocycles. The lowest BCUT2D eigenvalue weighted by Gasteiger charge is -2.07. The first-order chi connectivity index (χ1) is 13.2. The SMILES string of the molecule is C=C/C=C(\N=C)C1CC1C(=O)Nc1ccc(-c2ccc(COC)cc2)cn1.[HH]. The Labute approximate surface area is 161 Å². The number of nitrogens with one attached hydrogen (secondary N) is 1. The van der Waals surface area contributed by atoms with Crippen LogP contribution in [0.2, 0.25) is 0 Å². The van der Waals surface area contributed by atoms with Gasteiger partial charge in [-0.15, -0.1) is 0 Å². The van der Waals surface area contributed by atoms with E-state index in [9.17, 15) is 4.79 Å². The number of benzene rings is 1. The molecule has 1 aliphatic carbocycles. The Morgan fingerprint density at radius 2 is 2.04 bits per heavy atom. The summed E-state index contributed by atoms with van der Waals surface area (Å²) in [7, 11) is 1.68. The normalized spacial score (nSPS) is 18.6. The van der Waals surface area contributed by atoms with Gasteiger partial charge in [-0.25, -0.2) is 4.98 Å². The van der Waals surface area contributed by atoms with Gasteiger partial charge in [0.25, 0.3) is 0 Å². The summed E-state index contributed by atoms with van der Waals surface area (Å²) in [6, 6.07) is 11.9. The molecule has 1 amide bonds. The van der Waals surface area contributed by atoms with Gasteiger partial charge in [0.2, 0.25) is 5.91 Å². The van der Waals surface area contributed by atoms with Crippen LogP contribution in [0.3, 0.4) is 0 Å². The van der Waals surface area contributed by atoms with Crippen molar-refractivity contribution in [3.8, 4) is 11.1 Å². The van der Waals surface area contributed by atoms with E-state index in [1.165, 1.54) is 0 Å². The summed E-state index contributed by atoms with van der Waals surface area (Å²) in [5.41, 5.74) is 3.99. The summed E-state index contributed by atoms with van der Waals surface area (Å²) in [5, 5.41) is 2.88. The molecule has 0 aliphatic heterocycles. The van der Waals surface area contributed by atoms with E-state index in [0.29, 0.717) is 12.4 Å². The minimum Gasteiger partial charge on any atom is -0.380 e. The van der Waals surface area contributed by atoms with Crippen LogP contribution >= 0.6 is 0 Å². The third-order valence-electron chi connectivity index (χ3n) is 4.59. The van der Waals surface area contributed by atoms with Crippen LogP contribution in [0, 0.1) is 11.8 Å². The molecular formula is C22H25N3O2. The van der Waals surface area contributed by atoms with Crippen LogP contribution < -0.4 is 5.32 Å². The van der Waals surface area contributed by atoms with Gasteiger partial charge in [0.15, 0.2) is 0 Å². The molecule has 27 heavy (non-hydrogen) atoms. The molecule has 0 radical (unpaired) electrons. The number of allylic oxidation sites excluding steroid dienone is 3. The Balaban J connectivity index is 0.00000280. The van der Waals surface area contributed by atoms with Gasteiger partial charge in [0.05, 0.1) is 6.61 Å². The van der Waals surface area contributed by atoms with Crippen molar-refractivity contribution in [3.05, 3.63) is 72.6 Å². The van der Waals surface area contributed by atoms with Crippen molar-refractivity contribution in [2.45, 2.75) is 13.0 Å². The van der Waals surface area contributed by atoms with Crippen LogP contribution in [0.4, 0.5) is 5.82 Å². The number of aromatic nitrogens is 1. The van der Waals surface area contributed by atoms with Gasteiger partial charge in [-0.2, -0.15) is 0 Å². The first kappa shape index (κ1) is 18.7. The summed E-state index contributed by atoms with van der Waals surface area (Å²) in [6.07, 6.45) is 6.01. The lowest BCUT2D eigenvalue weighted by Crippen LogP contribution is -2.15. The van der Waals surface area contributed by atoms with E-state index in [4.69, 9.17) is 4.74 Å². The summed E-state index contributed by atoms with van der Waals surface area (Å²) in [4.78, 5) is 20.7. The van der Waals surface area contributed by atoms with Crippen LogP contribution in [-0.4, -0.2) is 24.7 Å². The highest BCUT2D eigenvalue weighted by Gasteiger charge is 2.45. The van der Waals surface area contributed by atoms with Crippen LogP contribution in [0.1, 0.15) is 13.4 Å². The van der Waals surface area contributed by atoms with Crippen LogP contribution in [-0.2, 0) is 16.1 Å². The second kappa shape index (κ2) is 8.56. The molecule has 1 aromatic heterocycles. The Kier molecular flexibility index (Phi) is 5.94. The fraction of sp³-hybridized carbons (Fsp3) is 0.227. The lowest BCUT2D eigenvalue weighted by atomic mass is 10.1. The number of methoxy groups -OCH3 is 1. The topological polar surface area (TPSA) is 63.6 Å². The fourth-order valence-electron chi connectivity index (χ4n) is 3.04. The fourth-order valence-corrected chi connectivity index (χ4v) is 3.04. The van der Waals surface area contributed by atoms with E-state index in [0.717, 1.165) is 28.8 Å². The smallest absolute Gasteiger partial charge is 0.229 e. The molecule has 0 spiro atoms. The Morgan fingerprint density at radius 1 is 1.30 bits per heavy atom. The largest absolute Gasteiger partial charge is 0.380 e. The molecule has 140 valence electrons. The van der Waals surface area contributed by atoms with Gasteiger partial charge < -0.3 is 10.1 Å². The molecule has 2 unspecified atom stereocenters. The van der Waals surface area contributed by atoms with E-state index in [2.05, 4.69) is 28.6 Å². The molecule has 2 aromatic rings. The summed E-state index contributed by atoms with van der Waals surface area (Å²) in [6.45, 7) is 7.81. The van der Waals surface area contributed by atoms with Crippen molar-refractivity contribution < 1.29 is 11.0 Å². The molecule has 0 bridgehead atoms. The number of carbonyl (C=O) groups excluding carboxylic acids is 1. The zero-order valence-corrected chi connectivity index (χ0v) is 15.4. The summed E-state index contributed by atoms with van der Waals surface area (Å²) >= 11 is 0. The van der Waals surface area contributed by atoms with Gasteiger partial charge in [-0.1, -0.05) is 36.9 Å². The monoisotopic (exact) mass is 363 g/mol. The molecule has 0 saturated heterocycles. The van der Waals surface area contributed by atoms with Crippen LogP contribution in [0.15, 0.2) is 72.0 Å². The number of nitrogens with zero attached hydrogens (tertiary/aromatic N) is 2. The molecule has 1 aromatic carbocycles. The molecule has 5 nitrogen and oxygen atoms in total. The highest BCUT2D eigenvalue weighted by molar-refractivity contribution is 5.94. The Morgan fingerprint density at radius 3 is 2.63 bits per heavy atom. The Hall–Kier alpha value is -3.05. The first-order valence-electron chi connectivity index (χ1n) is 8.80. The predicted molar refractivity (Wildman–Crippen MR) is 111 cm³/mol. The quantitative estimate of drug-likeness (QED) is 0.555. The van der Waals surface area contributed by atoms with Crippen molar-refractivity contribution >= 4 is 18.4 Å². The van der Waals surface area contributed by atoms with E-state index < -0.39 is 0 Å². The first-order valence-corrected chi connectivity index (χ1v) is 8.80. The second-order valence-electron chi connectivity index (χ2n) is 6.49. The van der Waals surface area contributed by atoms with Crippen molar-refractivity contribution in [1.82, 2.24) is 4.98 Å². The van der Waals surface area contributed by atoms with Gasteiger partial charge in [-0.05, 0) is 42.5 Å². The minimum atomic E-state index is -0.0866. The number of hydrogen-bond acceptors (Lipinski definition) is 4. The van der Waals surface area contributed by atoms with E-state index in [-0.39, 0.29) is 19.2 Å². The average Bonchev–Trinajstić information content (AvgIpc) is 3.48. The van der Waals surface area contributed by atoms with Gasteiger partial charge in [0, 0.05) is 37.8 Å². The van der Waals surface area contributed by atoms with E-state index in [1.54, 1.807) is 25.5 Å². The van der Waals surface area contributed by atoms with E-state index >= 15 is 0 Å². The second-order valence-corrected chi connectivity index (χ2v) is 6.49. The molecular weight excluding hydrogens is 338 g/mol. The molecule has 1 N–H and O–H groups in total. The minimum absolute atomic E-state index is 0. The highest BCUT2D eigenvalue weighted by atomic mass is 16.5. The van der Waals surface area contributed by atoms with Gasteiger partial charge in [0.1, 0.15) is 5.82 Å². The molecule has 2 atom stereocenters. The number of ether oxygens (including phenoxy) is 1. The van der Waals surface area contributed by atoms with Gasteiger partial charge in [-0.3, -0.25) is 9.79 Å². The third-order valence-corrected chi connectivity index (χ3v) is 4.59. The van der Waals surface area contributed by atoms with Crippen molar-refractivity contribution in [2.75, 3.05) is 12.4 Å². The molecule has 1 fully saturated rings. The number of rotatable bonds is 8. The molecule has 3 rings (SSSR count). The lowest BCUT2D eigenvalue weighted by molar-refractivity contribution is -0.117. The zero-order valence-electron chi connectivity index (χ0n) is 15.4. The number of carbonyl (C=O) groups is 1. The standard InChI is InChI=1S/C22H23N3O2.H2/c1-4-5-20(23-2)18-12-19(18)22(26)25-21-11-10-17(13-24-21)16-8-6-15(7-9-16)14-27-3;/h4-11,13,18-19H,1-2,12,14H2,3H3,(H,24,25,26);1H/b20-5-;. The third kappa shape index (κ3) is 4.57. The molecule has 1 aliphatic rings. The summed E-state index contributed by atoms with van der Waals surface area (Å²) < 4.78 is 5.12. The van der Waals surface area contributed by atoms with Gasteiger partial charge >= 0.3 is 0 Å². The molecule has 1 saturated carbocycles. The number of anilines is 1. The maximum atomic E-state index is 12.4. The number of hydrogen-bond donors (Lipinski definition) is 1. The highest BCUT2D eigenvalue weighted by Crippen LogP contribution is 2.45. The average molecular weight is 363 g/mol. The zero-order chi connectivity index (χ0) is 19.2. The van der Waals surface area contributed by atoms with E-state index in [1.807, 2.05) is 36.4 Å². The predicted octanol–water partition coefficient (Wildman–Crippen LogP) is 4.49. The van der Waals surface area contributed by atoms with Crippen molar-refractivity contribution in [3.63, 3.8) is 0 Å². The van der Waals surface area contributed by atoms with Crippen molar-refractivity contribution in [2.24, 2.45) is 16.8 Å². The number of aliphatic imine (C=N–C) groups is 1. The van der Waals surface area contributed by atoms with Crippen LogP contribution in [0.25, 0.3) is 11.1 Å². The number of pyridine rings is 1.